The van der Waals surface area contributed by atoms with Crippen LogP contribution in [0.15, 0.2) is 0 Å². The van der Waals surface area contributed by atoms with Crippen molar-refractivity contribution in [2.75, 3.05) is 33.0 Å². The van der Waals surface area contributed by atoms with Crippen molar-refractivity contribution < 1.29 is 227 Å². The maximum Gasteiger partial charge on any atom is 0.217 e. The standard InChI is InChI=1S/C66H111N3O46/c1-14-30(78)50(43(91)57(96)97-14)109-59-28(68-20(7)76)48(38(86)25(12-73)103-59)107-65-55(41(89)36(84)23(10-71)105-65)114-64-47(95)54(34(82)18(5)101-64)113-62-45(93)52(32(80)16(3)99-62)111-60-29(69-21(8)77)49(39(87)26(13-74)104-60)108-66-56(42(90)37(85)24(11-72)106-66)115-63-46(94)53(33(81)17(4)100-63)112-61-44(92)51(31(79)15(2)98-61)110-58-27(67-19(6)75)40(88)35(83)22(9-70)102-58/h14-18,22-66,70-74,78-96H,9-13H2,1-8H3,(H,67,75)(H,68,76)(H,69,77)/t14-,15-,16-,17-,18-,22+,23+,24+,25+,26+,27+,28+,29+,30-,31-,32-,33-,34-,35+,36-,37-,38+,39+,40+,41-,42-,43+,44+,45+,46+,47+,48+,49+,50+,51+,52+,53+,54+,55+,56+,57+,58+,59+,60+,61-,62-,63-,64-,65+,66+/m0/s1. The molecule has 115 heavy (non-hydrogen) atoms. The second-order valence-electron chi connectivity index (χ2n) is 30.1. The number of hydrogen-bond acceptors (Lipinski definition) is 46. The van der Waals surface area contributed by atoms with Crippen molar-refractivity contribution in [2.24, 2.45) is 0 Å². The van der Waals surface area contributed by atoms with E-state index in [0.717, 1.165) is 20.8 Å². The average molecular weight is 1680 g/mol. The van der Waals surface area contributed by atoms with Crippen LogP contribution in [-0.2, 0) is 104 Å². The molecule has 10 rings (SSSR count). The third kappa shape index (κ3) is 20.2. The van der Waals surface area contributed by atoms with E-state index in [-0.39, 0.29) is 0 Å². The van der Waals surface area contributed by atoms with Crippen LogP contribution in [0.3, 0.4) is 0 Å². The van der Waals surface area contributed by atoms with Crippen LogP contribution in [-0.4, -0.2) is 480 Å². The number of carbonyl (C=O) groups is 3. The molecule has 50 atom stereocenters. The summed E-state index contributed by atoms with van der Waals surface area (Å²) in [4.78, 5) is 38.3. The molecule has 666 valence electrons. The summed E-state index contributed by atoms with van der Waals surface area (Å²) < 4.78 is 113. The predicted molar refractivity (Wildman–Crippen MR) is 357 cm³/mol. The zero-order valence-electron chi connectivity index (χ0n) is 63.1. The number of rotatable bonds is 26. The van der Waals surface area contributed by atoms with Gasteiger partial charge >= 0.3 is 0 Å². The summed E-state index contributed by atoms with van der Waals surface area (Å²) in [5.41, 5.74) is 0. The molecule has 10 fully saturated rings. The number of hydrogen-bond donors (Lipinski definition) is 27. The molecule has 0 bridgehead atoms. The van der Waals surface area contributed by atoms with Crippen molar-refractivity contribution in [3.05, 3.63) is 0 Å². The van der Waals surface area contributed by atoms with E-state index in [2.05, 4.69) is 16.0 Å². The molecule has 10 heterocycles. The van der Waals surface area contributed by atoms with E-state index >= 15 is 0 Å². The zero-order chi connectivity index (χ0) is 84.7. The number of aliphatic hydroxyl groups is 24. The van der Waals surface area contributed by atoms with E-state index < -0.39 is 358 Å². The van der Waals surface area contributed by atoms with Gasteiger partial charge in [0.2, 0.25) is 17.7 Å². The van der Waals surface area contributed by atoms with Gasteiger partial charge in [-0.2, -0.15) is 0 Å². The summed E-state index contributed by atoms with van der Waals surface area (Å²) in [6, 6.07) is -5.24. The molecule has 10 aliphatic heterocycles. The van der Waals surface area contributed by atoms with E-state index in [0.29, 0.717) is 0 Å². The van der Waals surface area contributed by atoms with Gasteiger partial charge in [-0.3, -0.25) is 14.4 Å². The molecule has 27 N–H and O–H groups in total. The van der Waals surface area contributed by atoms with Crippen LogP contribution in [0.4, 0.5) is 0 Å². The van der Waals surface area contributed by atoms with Crippen LogP contribution in [0.5, 0.6) is 0 Å². The van der Waals surface area contributed by atoms with Gasteiger partial charge in [-0.1, -0.05) is 0 Å². The molecule has 0 aliphatic carbocycles. The molecule has 0 spiro atoms. The van der Waals surface area contributed by atoms with Gasteiger partial charge in [0.1, 0.15) is 213 Å². The summed E-state index contributed by atoms with van der Waals surface area (Å²) in [5.74, 6) is -2.54. The molecule has 10 aliphatic rings. The lowest BCUT2D eigenvalue weighted by atomic mass is 9.94. The third-order valence-electron chi connectivity index (χ3n) is 21.9. The lowest BCUT2D eigenvalue weighted by Crippen LogP contribution is -2.70. The van der Waals surface area contributed by atoms with Crippen molar-refractivity contribution >= 4 is 17.7 Å². The van der Waals surface area contributed by atoms with E-state index in [4.69, 9.17) is 90.0 Å². The van der Waals surface area contributed by atoms with Crippen LogP contribution in [0.1, 0.15) is 55.4 Å². The molecule has 0 saturated carbocycles. The third-order valence-corrected chi connectivity index (χ3v) is 21.9. The number of carbonyl (C=O) groups excluding carboxylic acids is 3. The Morgan fingerprint density at radius 3 is 0.730 bits per heavy atom. The fraction of sp³-hybridized carbons (Fsp3) is 0.955. The highest BCUT2D eigenvalue weighted by Crippen LogP contribution is 2.41. The second kappa shape index (κ2) is 39.9. The van der Waals surface area contributed by atoms with E-state index in [9.17, 15) is 137 Å². The summed E-state index contributed by atoms with van der Waals surface area (Å²) >= 11 is 0. The van der Waals surface area contributed by atoms with Gasteiger partial charge in [-0.05, 0) is 34.6 Å². The van der Waals surface area contributed by atoms with Crippen molar-refractivity contribution in [3.63, 3.8) is 0 Å². The van der Waals surface area contributed by atoms with Gasteiger partial charge in [0.05, 0.1) is 63.6 Å². The van der Waals surface area contributed by atoms with Gasteiger partial charge in [0.15, 0.2) is 62.9 Å². The van der Waals surface area contributed by atoms with Crippen LogP contribution < -0.4 is 16.0 Å². The average Bonchev–Trinajstić information content (AvgIpc) is 0.768. The van der Waals surface area contributed by atoms with Gasteiger partial charge in [0, 0.05) is 20.8 Å². The maximum atomic E-state index is 13.3. The first-order chi connectivity index (χ1) is 54.2. The molecule has 0 unspecified atom stereocenters. The van der Waals surface area contributed by atoms with Gasteiger partial charge < -0.3 is 229 Å². The van der Waals surface area contributed by atoms with Crippen molar-refractivity contribution in [2.45, 2.75) is 362 Å². The first-order valence-electron chi connectivity index (χ1n) is 37.4. The normalized spacial score (nSPS) is 52.1. The summed E-state index contributed by atoms with van der Waals surface area (Å²) in [7, 11) is 0. The molecule has 0 aromatic carbocycles. The Bertz CT molecular complexity index is 3070. The summed E-state index contributed by atoms with van der Waals surface area (Å²) in [6.07, 6.45) is -90.4. The minimum absolute atomic E-state index is 0.746. The van der Waals surface area contributed by atoms with Gasteiger partial charge in [-0.15, -0.1) is 0 Å². The van der Waals surface area contributed by atoms with Crippen molar-refractivity contribution in [1.82, 2.24) is 16.0 Å². The Labute approximate surface area is 654 Å². The molecule has 0 aromatic rings. The zero-order valence-corrected chi connectivity index (χ0v) is 63.1. The van der Waals surface area contributed by atoms with E-state index in [1.807, 2.05) is 0 Å². The smallest absolute Gasteiger partial charge is 0.217 e. The molecule has 49 nitrogen and oxygen atoms in total. The highest BCUT2D eigenvalue weighted by molar-refractivity contribution is 5.74. The van der Waals surface area contributed by atoms with Gasteiger partial charge in [-0.25, -0.2) is 0 Å². The van der Waals surface area contributed by atoms with Crippen molar-refractivity contribution in [3.8, 4) is 0 Å². The van der Waals surface area contributed by atoms with Crippen LogP contribution in [0.2, 0.25) is 0 Å². The van der Waals surface area contributed by atoms with Crippen LogP contribution in [0.25, 0.3) is 0 Å². The number of ether oxygens (including phenoxy) is 19. The number of nitrogens with one attached hydrogen (secondary N) is 3. The summed E-state index contributed by atoms with van der Waals surface area (Å²) in [5, 5.41) is 277. The lowest BCUT2D eigenvalue weighted by molar-refractivity contribution is -0.400. The fourth-order valence-electron chi connectivity index (χ4n) is 15.3. The molecule has 10 saturated heterocycles. The van der Waals surface area contributed by atoms with Crippen LogP contribution in [0, 0.1) is 0 Å². The fourth-order valence-corrected chi connectivity index (χ4v) is 15.3. The Balaban J connectivity index is 0.860. The first-order valence-corrected chi connectivity index (χ1v) is 37.4. The first kappa shape index (κ1) is 93.9. The Kier molecular flexibility index (Phi) is 32.6. The lowest BCUT2D eigenvalue weighted by Gasteiger charge is -2.51. The molecule has 0 radical (unpaired) electrons. The SMILES string of the molecule is CC(=O)N[C@H]1[C@@H](O[C@@H]2[C@@H](O)[C@H](C)O[C@@H](O[C@@H]3[C@@H](O)[C@H](C)O[C@@H](O[C@H]4[C@@H](O[C@H]5[C@H](O)[C@@H](CO)O[C@H](O[C@@H]6[C@@H](O)[C@H](C)O[C@@H](O[C@@H]7[C@@H](O)[C@H](C)O[C@@H](O[C@H]8[C@@H](O[C@H]9[C@H](O)[C@@H](CO)O[C@H](O[C@@H]%10[C@@H](O)[C@H](C)O[C@@H](O)[C@@H]%10O)[C@@H]9NC(C)=O)O[C@H](CO)[C@H](O)[C@@H]8O)[C@@H]7O)[C@@H]6O)[C@@H]5NC(C)=O)O[C@H](CO)[C@H](O)[C@@H]4O)[C@@H]3O)[C@@H]2O)O[C@H](CO)[C@@H](O)[C@@H]1O. The van der Waals surface area contributed by atoms with E-state index in [1.165, 1.54) is 34.6 Å². The number of amides is 3. The Morgan fingerprint density at radius 2 is 0.443 bits per heavy atom. The van der Waals surface area contributed by atoms with Crippen molar-refractivity contribution in [1.29, 1.82) is 0 Å². The molecule has 0 aromatic heterocycles. The Hall–Kier alpha value is -3.31. The van der Waals surface area contributed by atoms with Crippen LogP contribution >= 0.6 is 0 Å². The Morgan fingerprint density at radius 1 is 0.226 bits per heavy atom. The highest BCUT2D eigenvalue weighted by Gasteiger charge is 2.62. The second-order valence-corrected chi connectivity index (χ2v) is 30.1. The minimum Gasteiger partial charge on any atom is -0.394 e. The maximum absolute atomic E-state index is 13.3. The quantitative estimate of drug-likeness (QED) is 0.0382. The van der Waals surface area contributed by atoms with E-state index in [1.54, 1.807) is 0 Å². The minimum atomic E-state index is -2.30. The summed E-state index contributed by atoms with van der Waals surface area (Å²) in [6.45, 7) is 4.25. The molecule has 3 amide bonds. The molecular weight excluding hydrogens is 1570 g/mol. The van der Waals surface area contributed by atoms with Gasteiger partial charge in [0.25, 0.3) is 0 Å². The topological polar surface area (TPSA) is 748 Å². The highest BCUT2D eigenvalue weighted by atomic mass is 16.8. The predicted octanol–water partition coefficient (Wildman–Crippen LogP) is -17.2. The monoisotopic (exact) mass is 1680 g/mol. The number of aliphatic hydroxyl groups excluding tert-OH is 24. The molecular formula is C66H111N3O46. The molecule has 49 heteroatoms. The largest absolute Gasteiger partial charge is 0.394 e.